The van der Waals surface area contributed by atoms with E-state index in [1.54, 1.807) is 18.2 Å². The zero-order valence-corrected chi connectivity index (χ0v) is 12.0. The summed E-state index contributed by atoms with van der Waals surface area (Å²) in [6.45, 7) is 3.90. The third-order valence-corrected chi connectivity index (χ3v) is 4.60. The summed E-state index contributed by atoms with van der Waals surface area (Å²) in [5, 5.41) is 0. The van der Waals surface area contributed by atoms with Gasteiger partial charge in [-0.15, -0.1) is 6.58 Å². The van der Waals surface area contributed by atoms with Crippen molar-refractivity contribution in [1.82, 2.24) is 0 Å². The van der Waals surface area contributed by atoms with Crippen LogP contribution in [0.2, 0.25) is 0 Å². The highest BCUT2D eigenvalue weighted by Gasteiger charge is 2.21. The van der Waals surface area contributed by atoms with Crippen LogP contribution < -0.4 is 4.31 Å². The van der Waals surface area contributed by atoms with Crippen LogP contribution in [-0.4, -0.2) is 15.0 Å². The molecule has 0 aromatic heterocycles. The largest absolute Gasteiger partial charge is 0.266 e. The van der Waals surface area contributed by atoms with Gasteiger partial charge in [0.15, 0.2) is 0 Å². The molecule has 2 rings (SSSR count). The number of para-hydroxylation sites is 1. The van der Waals surface area contributed by atoms with Gasteiger partial charge in [0.05, 0.1) is 18.0 Å². The summed E-state index contributed by atoms with van der Waals surface area (Å²) in [5.74, 6) is -0.0173. The van der Waals surface area contributed by atoms with E-state index in [1.165, 1.54) is 4.31 Å². The van der Waals surface area contributed by atoms with Gasteiger partial charge in [-0.1, -0.05) is 54.6 Å². The van der Waals surface area contributed by atoms with E-state index in [1.807, 2.05) is 48.5 Å². The minimum atomic E-state index is -3.43. The Balaban J connectivity index is 2.31. The molecule has 0 saturated carbocycles. The number of anilines is 1. The average Bonchev–Trinajstić information content (AvgIpc) is 2.46. The second kappa shape index (κ2) is 6.39. The molecule has 0 fully saturated rings. The molecule has 0 aliphatic carbocycles. The van der Waals surface area contributed by atoms with Crippen molar-refractivity contribution in [3.05, 3.63) is 78.9 Å². The first-order chi connectivity index (χ1) is 9.63. The molecule has 0 heterocycles. The summed E-state index contributed by atoms with van der Waals surface area (Å²) in [6.07, 6.45) is 1.59. The summed E-state index contributed by atoms with van der Waals surface area (Å²) in [6, 6.07) is 18.2. The zero-order valence-electron chi connectivity index (χ0n) is 11.1. The zero-order chi connectivity index (χ0) is 14.4. The molecule has 0 radical (unpaired) electrons. The van der Waals surface area contributed by atoms with Gasteiger partial charge in [0.25, 0.3) is 0 Å². The van der Waals surface area contributed by atoms with Crippen LogP contribution in [0.5, 0.6) is 0 Å². The second-order valence-corrected chi connectivity index (χ2v) is 6.29. The number of hydrogen-bond donors (Lipinski definition) is 0. The highest BCUT2D eigenvalue weighted by atomic mass is 32.2. The van der Waals surface area contributed by atoms with Gasteiger partial charge >= 0.3 is 0 Å². The van der Waals surface area contributed by atoms with Crippen LogP contribution in [0.25, 0.3) is 0 Å². The third-order valence-electron chi connectivity index (χ3n) is 2.87. The third kappa shape index (κ3) is 3.48. The molecule has 0 bridgehead atoms. The highest BCUT2D eigenvalue weighted by molar-refractivity contribution is 7.92. The molecule has 0 atom stereocenters. The Kier molecular flexibility index (Phi) is 4.58. The fourth-order valence-electron chi connectivity index (χ4n) is 1.95. The van der Waals surface area contributed by atoms with Crippen molar-refractivity contribution in [3.63, 3.8) is 0 Å². The normalized spacial score (nSPS) is 11.0. The fourth-order valence-corrected chi connectivity index (χ4v) is 3.50. The van der Waals surface area contributed by atoms with Crippen molar-refractivity contribution in [2.75, 3.05) is 10.8 Å². The Morgan fingerprint density at radius 1 is 0.950 bits per heavy atom. The Morgan fingerprint density at radius 3 is 2.05 bits per heavy atom. The Bertz CT molecular complexity index is 651. The standard InChI is InChI=1S/C16H17NO2S/c1-2-13-17(16-11-7-4-8-12-16)20(18,19)14-15-9-5-3-6-10-15/h2-12H,1,13-14H2. The van der Waals surface area contributed by atoms with Crippen LogP contribution in [0.1, 0.15) is 5.56 Å². The molecule has 2 aromatic rings. The van der Waals surface area contributed by atoms with E-state index >= 15 is 0 Å². The first kappa shape index (κ1) is 14.3. The number of benzene rings is 2. The van der Waals surface area contributed by atoms with Gasteiger partial charge < -0.3 is 0 Å². The van der Waals surface area contributed by atoms with Gasteiger partial charge in [0.2, 0.25) is 10.0 Å². The SMILES string of the molecule is C=CCN(c1ccccc1)S(=O)(=O)Cc1ccccc1. The molecule has 0 amide bonds. The topological polar surface area (TPSA) is 37.4 Å². The quantitative estimate of drug-likeness (QED) is 0.765. The number of sulfonamides is 1. The summed E-state index contributed by atoms with van der Waals surface area (Å²) >= 11 is 0. The van der Waals surface area contributed by atoms with E-state index in [9.17, 15) is 8.42 Å². The lowest BCUT2D eigenvalue weighted by Crippen LogP contribution is -2.32. The number of hydrogen-bond acceptors (Lipinski definition) is 2. The predicted octanol–water partition coefficient (Wildman–Crippen LogP) is 3.21. The van der Waals surface area contributed by atoms with E-state index in [4.69, 9.17) is 0 Å². The van der Waals surface area contributed by atoms with Crippen LogP contribution in [0, 0.1) is 0 Å². The molecule has 0 saturated heterocycles. The van der Waals surface area contributed by atoms with Crippen molar-refractivity contribution in [2.24, 2.45) is 0 Å². The number of nitrogens with zero attached hydrogens (tertiary/aromatic N) is 1. The molecular weight excluding hydrogens is 270 g/mol. The molecule has 0 aliphatic rings. The van der Waals surface area contributed by atoms with E-state index < -0.39 is 10.0 Å². The van der Waals surface area contributed by atoms with E-state index in [-0.39, 0.29) is 12.3 Å². The lowest BCUT2D eigenvalue weighted by Gasteiger charge is -2.23. The van der Waals surface area contributed by atoms with Crippen LogP contribution >= 0.6 is 0 Å². The maximum atomic E-state index is 12.6. The van der Waals surface area contributed by atoms with E-state index in [0.717, 1.165) is 5.56 Å². The predicted molar refractivity (Wildman–Crippen MR) is 83.1 cm³/mol. The van der Waals surface area contributed by atoms with E-state index in [2.05, 4.69) is 6.58 Å². The average molecular weight is 287 g/mol. The van der Waals surface area contributed by atoms with Crippen molar-refractivity contribution >= 4 is 15.7 Å². The van der Waals surface area contributed by atoms with Gasteiger partial charge in [0, 0.05) is 0 Å². The molecule has 3 nitrogen and oxygen atoms in total. The monoisotopic (exact) mass is 287 g/mol. The van der Waals surface area contributed by atoms with Crippen molar-refractivity contribution in [1.29, 1.82) is 0 Å². The number of rotatable bonds is 6. The van der Waals surface area contributed by atoms with Gasteiger partial charge in [-0.3, -0.25) is 4.31 Å². The fraction of sp³-hybridized carbons (Fsp3) is 0.125. The lowest BCUT2D eigenvalue weighted by molar-refractivity contribution is 0.592. The minimum Gasteiger partial charge on any atom is -0.266 e. The second-order valence-electron chi connectivity index (χ2n) is 4.40. The van der Waals surface area contributed by atoms with Crippen LogP contribution in [0.4, 0.5) is 5.69 Å². The maximum Gasteiger partial charge on any atom is 0.239 e. The Morgan fingerprint density at radius 2 is 1.50 bits per heavy atom. The smallest absolute Gasteiger partial charge is 0.239 e. The summed E-state index contributed by atoms with van der Waals surface area (Å²) in [7, 11) is -3.43. The van der Waals surface area contributed by atoms with Crippen molar-refractivity contribution < 1.29 is 8.42 Å². The van der Waals surface area contributed by atoms with Crippen molar-refractivity contribution in [3.8, 4) is 0 Å². The molecule has 2 aromatic carbocycles. The van der Waals surface area contributed by atoms with Gasteiger partial charge in [-0.25, -0.2) is 8.42 Å². The summed E-state index contributed by atoms with van der Waals surface area (Å²) < 4.78 is 26.5. The van der Waals surface area contributed by atoms with Crippen LogP contribution in [-0.2, 0) is 15.8 Å². The van der Waals surface area contributed by atoms with Gasteiger partial charge in [-0.05, 0) is 17.7 Å². The van der Waals surface area contributed by atoms with E-state index in [0.29, 0.717) is 5.69 Å². The maximum absolute atomic E-state index is 12.6. The molecule has 0 spiro atoms. The van der Waals surface area contributed by atoms with Gasteiger partial charge in [0.1, 0.15) is 0 Å². The summed E-state index contributed by atoms with van der Waals surface area (Å²) in [4.78, 5) is 0. The molecule has 104 valence electrons. The van der Waals surface area contributed by atoms with Crippen LogP contribution in [0.15, 0.2) is 73.3 Å². The first-order valence-corrected chi connectivity index (χ1v) is 7.94. The Labute approximate surface area is 120 Å². The molecule has 0 aliphatic heterocycles. The summed E-state index contributed by atoms with van der Waals surface area (Å²) in [5.41, 5.74) is 1.43. The van der Waals surface area contributed by atoms with Crippen LogP contribution in [0.3, 0.4) is 0 Å². The van der Waals surface area contributed by atoms with Gasteiger partial charge in [-0.2, -0.15) is 0 Å². The molecule has 20 heavy (non-hydrogen) atoms. The Hall–Kier alpha value is -2.07. The molecule has 0 unspecified atom stereocenters. The lowest BCUT2D eigenvalue weighted by atomic mass is 10.2. The molecule has 4 heteroatoms. The molecular formula is C16H17NO2S. The molecule has 0 N–H and O–H groups in total. The van der Waals surface area contributed by atoms with Crippen molar-refractivity contribution in [2.45, 2.75) is 5.75 Å². The minimum absolute atomic E-state index is 0.0173. The highest BCUT2D eigenvalue weighted by Crippen LogP contribution is 2.20. The first-order valence-electron chi connectivity index (χ1n) is 6.34.